The number of fused-ring (bicyclic) bond motifs is 20. The third-order valence-corrected chi connectivity index (χ3v) is 20.5. The van der Waals surface area contributed by atoms with Gasteiger partial charge >= 0.3 is 0 Å². The molecule has 0 fully saturated rings. The van der Waals surface area contributed by atoms with Gasteiger partial charge in [-0.15, -0.1) is 0 Å². The Morgan fingerprint density at radius 1 is 0.347 bits per heavy atom. The number of nitrogens with one attached hydrogen (secondary N) is 2. The quantitative estimate of drug-likeness (QED) is 0.0559. The van der Waals surface area contributed by atoms with Crippen molar-refractivity contribution in [3.63, 3.8) is 0 Å². The second-order valence-corrected chi connectivity index (χ2v) is 46.9. The van der Waals surface area contributed by atoms with Crippen LogP contribution in [0.5, 0.6) is 23.0 Å². The fourth-order valence-electron chi connectivity index (χ4n) is 9.48. The van der Waals surface area contributed by atoms with E-state index in [1.165, 1.54) is 24.2 Å². The summed E-state index contributed by atoms with van der Waals surface area (Å²) in [6, 6.07) is 29.1. The van der Waals surface area contributed by atoms with Gasteiger partial charge in [0.05, 0.1) is 48.3 Å². The Morgan fingerprint density at radius 2 is 0.653 bits per heavy atom. The number of H-pyrrole nitrogens is 2. The molecule has 7 aromatic rings. The summed E-state index contributed by atoms with van der Waals surface area (Å²) >= 11 is 0. The lowest BCUT2D eigenvalue weighted by Gasteiger charge is -2.16. The Labute approximate surface area is 429 Å². The molecule has 5 heterocycles. The van der Waals surface area contributed by atoms with Crippen molar-refractivity contribution in [2.24, 2.45) is 0 Å². The zero-order valence-corrected chi connectivity index (χ0v) is 48.7. The molecule has 72 heavy (non-hydrogen) atoms. The zero-order chi connectivity index (χ0) is 51.0. The van der Waals surface area contributed by atoms with Crippen molar-refractivity contribution >= 4 is 76.4 Å². The highest BCUT2D eigenvalue weighted by atomic mass is 28.3. The summed E-state index contributed by atoms with van der Waals surface area (Å²) in [5.74, 6) is 4.90. The second-order valence-electron chi connectivity index (χ2n) is 24.4. The third-order valence-electron chi connectivity index (χ3n) is 13.1. The average molecular weight is 1040 g/mol. The number of hydrogen-bond acceptors (Lipinski definition) is 10. The van der Waals surface area contributed by atoms with Gasteiger partial charge in [0.25, 0.3) is 0 Å². The molecular formula is C56H74N8O4Si4. The van der Waals surface area contributed by atoms with Crippen molar-refractivity contribution in [1.82, 2.24) is 39.9 Å². The van der Waals surface area contributed by atoms with Crippen LogP contribution in [-0.4, -0.2) is 98.6 Å². The summed E-state index contributed by atoms with van der Waals surface area (Å²) in [5, 5.41) is 3.35. The molecule has 2 N–H and O–H groups in total. The number of aromatic amines is 2. The van der Waals surface area contributed by atoms with E-state index in [4.69, 9.17) is 48.9 Å². The van der Waals surface area contributed by atoms with E-state index < -0.39 is 32.3 Å². The van der Waals surface area contributed by atoms with Gasteiger partial charge in [-0.25, -0.2) is 29.9 Å². The van der Waals surface area contributed by atoms with Gasteiger partial charge in [-0.1, -0.05) is 151 Å². The molecule has 0 spiro atoms. The van der Waals surface area contributed by atoms with Crippen LogP contribution in [0, 0.1) is 0 Å². The van der Waals surface area contributed by atoms with E-state index in [9.17, 15) is 0 Å². The van der Waals surface area contributed by atoms with Gasteiger partial charge in [0.2, 0.25) is 0 Å². The Balaban J connectivity index is 1.32. The van der Waals surface area contributed by atoms with Gasteiger partial charge in [-0.3, -0.25) is 0 Å². The van der Waals surface area contributed by atoms with E-state index in [1.54, 1.807) is 0 Å². The molecule has 378 valence electrons. The maximum atomic E-state index is 6.70. The topological polar surface area (TPSA) is 146 Å². The molecule has 0 saturated heterocycles. The van der Waals surface area contributed by atoms with Crippen molar-refractivity contribution in [3.05, 3.63) is 72.8 Å². The van der Waals surface area contributed by atoms with Crippen LogP contribution >= 0.6 is 0 Å². The highest BCUT2D eigenvalue weighted by Gasteiger charge is 2.28. The van der Waals surface area contributed by atoms with Gasteiger partial charge in [-0.05, 0) is 49.9 Å². The number of hydrogen-bond donors (Lipinski definition) is 2. The predicted molar refractivity (Wildman–Crippen MR) is 309 cm³/mol. The molecule has 0 aliphatic carbocycles. The molecule has 0 amide bonds. The van der Waals surface area contributed by atoms with Crippen molar-refractivity contribution in [1.29, 1.82) is 0 Å². The molecule has 12 nitrogen and oxygen atoms in total. The first-order chi connectivity index (χ1) is 34.2. The first-order valence-electron chi connectivity index (χ1n) is 26.0. The summed E-state index contributed by atoms with van der Waals surface area (Å²) in [5.41, 5.74) is 5.59. The van der Waals surface area contributed by atoms with Gasteiger partial charge in [-0.2, -0.15) is 0 Å². The Bertz CT molecular complexity index is 3290. The fraction of sp³-hybridized carbons (Fsp3) is 0.429. The average Bonchev–Trinajstić information content (AvgIpc) is 4.05. The monoisotopic (exact) mass is 1030 g/mol. The van der Waals surface area contributed by atoms with Crippen molar-refractivity contribution in [3.8, 4) is 68.5 Å². The Kier molecular flexibility index (Phi) is 14.7. The standard InChI is InChI=1S/C56H74N8O4Si4/c1-69(2,3)33-17-29-65-41-25-13-21-37-45(41)53-58-49(37)57-50-38-22-14-26-42(66-30-18-34-70(4,5)6)46(38)54(59-50)61-52-40-24-16-28-44(68-32-20-36-72(10,11)12)48(40)56(63-52)64-55-47-39(51(60-53)62-55)23-15-27-43(47)67-31-19-35-71(7,8)9/h13-16,21-28H,17-20,29-36H2,1-12H3,(H2,57,58,59,60,61,62,63,64). The van der Waals surface area contributed by atoms with E-state index >= 15 is 0 Å². The first kappa shape index (κ1) is 51.2. The van der Waals surface area contributed by atoms with Gasteiger partial charge < -0.3 is 28.9 Å². The maximum Gasteiger partial charge on any atom is 0.168 e. The molecule has 0 unspecified atom stereocenters. The van der Waals surface area contributed by atoms with Crippen molar-refractivity contribution in [2.45, 2.75) is 128 Å². The molecule has 2 aliphatic heterocycles. The molecule has 0 saturated carbocycles. The van der Waals surface area contributed by atoms with Crippen LogP contribution in [0.25, 0.3) is 89.7 Å². The number of nitrogens with zero attached hydrogens (tertiary/aromatic N) is 6. The van der Waals surface area contributed by atoms with Crippen LogP contribution in [0.3, 0.4) is 0 Å². The number of rotatable bonds is 20. The molecule has 0 atom stereocenters. The molecular weight excluding hydrogens is 961 g/mol. The van der Waals surface area contributed by atoms with Crippen molar-refractivity contribution in [2.75, 3.05) is 26.4 Å². The largest absolute Gasteiger partial charge is 0.493 e. The molecule has 3 aromatic heterocycles. The number of aromatic nitrogens is 8. The molecule has 8 bridgehead atoms. The lowest BCUT2D eigenvalue weighted by molar-refractivity contribution is 0.318. The predicted octanol–water partition coefficient (Wildman–Crippen LogP) is 15.3. The van der Waals surface area contributed by atoms with Crippen LogP contribution < -0.4 is 18.9 Å². The van der Waals surface area contributed by atoms with Crippen LogP contribution in [-0.2, 0) is 0 Å². The minimum atomic E-state index is -1.28. The van der Waals surface area contributed by atoms with E-state index in [0.717, 1.165) is 86.7 Å². The van der Waals surface area contributed by atoms with Gasteiger partial charge in [0.15, 0.2) is 23.3 Å². The normalized spacial score (nSPS) is 12.8. The molecule has 0 radical (unpaired) electrons. The molecule has 16 heteroatoms. The van der Waals surface area contributed by atoms with E-state index in [-0.39, 0.29) is 0 Å². The summed E-state index contributed by atoms with van der Waals surface area (Å²) in [6.45, 7) is 31.2. The van der Waals surface area contributed by atoms with E-state index in [2.05, 4.69) is 113 Å². The minimum Gasteiger partial charge on any atom is -0.493 e. The van der Waals surface area contributed by atoms with E-state index in [0.29, 0.717) is 78.1 Å². The molecule has 4 aromatic carbocycles. The smallest absolute Gasteiger partial charge is 0.168 e. The van der Waals surface area contributed by atoms with Crippen LogP contribution in [0.4, 0.5) is 0 Å². The number of ether oxygens (including phenoxy) is 4. The summed E-state index contributed by atoms with van der Waals surface area (Å²) in [6.07, 6.45) is 3.87. The summed E-state index contributed by atoms with van der Waals surface area (Å²) in [4.78, 5) is 39.5. The fourth-order valence-corrected chi connectivity index (χ4v) is 14.3. The molecule has 2 aliphatic rings. The lowest BCUT2D eigenvalue weighted by atomic mass is 10.1. The highest BCUT2D eigenvalue weighted by Crippen LogP contribution is 2.44. The van der Waals surface area contributed by atoms with Gasteiger partial charge in [0, 0.05) is 54.2 Å². The van der Waals surface area contributed by atoms with E-state index in [1.807, 2.05) is 48.5 Å². The second kappa shape index (κ2) is 20.7. The first-order valence-corrected chi connectivity index (χ1v) is 40.9. The minimum absolute atomic E-state index is 0.483. The van der Waals surface area contributed by atoms with Crippen LogP contribution in [0.2, 0.25) is 103 Å². The van der Waals surface area contributed by atoms with Crippen LogP contribution in [0.15, 0.2) is 72.8 Å². The lowest BCUT2D eigenvalue weighted by Crippen LogP contribution is -2.20. The zero-order valence-electron chi connectivity index (χ0n) is 44.7. The number of benzene rings is 4. The summed E-state index contributed by atoms with van der Waals surface area (Å²) in [7, 11) is -5.09. The third kappa shape index (κ3) is 12.0. The summed E-state index contributed by atoms with van der Waals surface area (Å²) < 4.78 is 26.7. The Hall–Kier alpha value is -5.69. The molecule has 9 rings (SSSR count). The van der Waals surface area contributed by atoms with Crippen molar-refractivity contribution < 1.29 is 18.9 Å². The SMILES string of the molecule is C[Si](C)(C)CCCOc1cccc2c1-c1nc-2nc2[nH]c(nc3nc(nc4[nH]c(n1)c1cccc(OCCC[Si](C)(C)C)c41)-c1c(OCCC[Si](C)(C)C)cccc1-3)c1c(OCCC[Si](C)(C)C)cccc21. The maximum absolute atomic E-state index is 6.70. The van der Waals surface area contributed by atoms with Crippen LogP contribution in [0.1, 0.15) is 25.7 Å². The van der Waals surface area contributed by atoms with Gasteiger partial charge in [0.1, 0.15) is 45.6 Å². The highest BCUT2D eigenvalue weighted by molar-refractivity contribution is 6.77. The Morgan fingerprint density at radius 3 is 1.03 bits per heavy atom.